The number of hydrogen-bond donors (Lipinski definition) is 1. The van der Waals surface area contributed by atoms with Crippen LogP contribution < -0.4 is 5.32 Å². The van der Waals surface area contributed by atoms with Crippen LogP contribution in [0.3, 0.4) is 0 Å². The van der Waals surface area contributed by atoms with E-state index in [2.05, 4.69) is 5.32 Å². The van der Waals surface area contributed by atoms with Crippen LogP contribution in [-0.4, -0.2) is 37.3 Å². The van der Waals surface area contributed by atoms with E-state index < -0.39 is 14.9 Å². The Hall–Kier alpha value is -1.67. The predicted molar refractivity (Wildman–Crippen MR) is 75.3 cm³/mol. The Morgan fingerprint density at radius 1 is 1.35 bits per heavy atom. The fourth-order valence-electron chi connectivity index (χ4n) is 2.25. The van der Waals surface area contributed by atoms with Crippen molar-refractivity contribution in [1.29, 1.82) is 0 Å². The Morgan fingerprint density at radius 3 is 2.55 bits per heavy atom. The minimum Gasteiger partial charge on any atom is -0.384 e. The summed E-state index contributed by atoms with van der Waals surface area (Å²) in [6.07, 6.45) is 1.70. The number of nitro benzene ring substituents is 1. The lowest BCUT2D eigenvalue weighted by atomic mass is 10.3. The largest absolute Gasteiger partial charge is 0.384 e. The third-order valence-corrected chi connectivity index (χ3v) is 5.18. The minimum atomic E-state index is -3.59. The molecule has 1 aliphatic heterocycles. The zero-order valence-corrected chi connectivity index (χ0v) is 12.0. The van der Waals surface area contributed by atoms with E-state index in [0.717, 1.165) is 12.8 Å². The van der Waals surface area contributed by atoms with Gasteiger partial charge in [-0.3, -0.25) is 10.1 Å². The van der Waals surface area contributed by atoms with Gasteiger partial charge in [-0.2, -0.15) is 4.31 Å². The van der Waals surface area contributed by atoms with Gasteiger partial charge in [-0.05, 0) is 25.8 Å². The number of anilines is 1. The zero-order valence-electron chi connectivity index (χ0n) is 11.2. The first kappa shape index (κ1) is 14.7. The molecule has 0 unspecified atom stereocenters. The molecule has 8 heteroatoms. The van der Waals surface area contributed by atoms with Gasteiger partial charge in [0, 0.05) is 31.8 Å². The molecule has 1 heterocycles. The Bertz CT molecular complexity index is 609. The van der Waals surface area contributed by atoms with Crippen molar-refractivity contribution < 1.29 is 13.3 Å². The molecule has 1 saturated heterocycles. The Labute approximate surface area is 117 Å². The van der Waals surface area contributed by atoms with Gasteiger partial charge in [-0.25, -0.2) is 8.42 Å². The van der Waals surface area contributed by atoms with Crippen molar-refractivity contribution in [1.82, 2.24) is 4.31 Å². The van der Waals surface area contributed by atoms with E-state index in [0.29, 0.717) is 19.6 Å². The molecule has 0 aromatic heterocycles. The van der Waals surface area contributed by atoms with E-state index in [9.17, 15) is 18.5 Å². The van der Waals surface area contributed by atoms with Gasteiger partial charge in [-0.15, -0.1) is 0 Å². The summed E-state index contributed by atoms with van der Waals surface area (Å²) in [5.41, 5.74) is 0.162. The molecule has 1 aromatic rings. The summed E-state index contributed by atoms with van der Waals surface area (Å²) in [5.74, 6) is 0. The zero-order chi connectivity index (χ0) is 14.8. The van der Waals surface area contributed by atoms with E-state index in [1.807, 2.05) is 6.92 Å². The molecular formula is C12H17N3O4S. The van der Waals surface area contributed by atoms with Gasteiger partial charge >= 0.3 is 0 Å². The van der Waals surface area contributed by atoms with Crippen LogP contribution in [0.15, 0.2) is 23.1 Å². The smallest absolute Gasteiger partial charge is 0.271 e. The fraction of sp³-hybridized carbons (Fsp3) is 0.500. The second-order valence-corrected chi connectivity index (χ2v) is 6.49. The fourth-order valence-corrected chi connectivity index (χ4v) is 3.92. The van der Waals surface area contributed by atoms with E-state index in [4.69, 9.17) is 0 Å². The van der Waals surface area contributed by atoms with Gasteiger partial charge in [0.15, 0.2) is 0 Å². The molecule has 0 bridgehead atoms. The van der Waals surface area contributed by atoms with Gasteiger partial charge in [0.2, 0.25) is 10.0 Å². The molecule has 0 radical (unpaired) electrons. The molecule has 0 atom stereocenters. The first-order chi connectivity index (χ1) is 9.46. The van der Waals surface area contributed by atoms with Crippen molar-refractivity contribution >= 4 is 21.4 Å². The summed E-state index contributed by atoms with van der Waals surface area (Å²) >= 11 is 0. The SMILES string of the molecule is CCNc1cc([N+](=O)[O-])ccc1S(=O)(=O)N1CCCC1. The monoisotopic (exact) mass is 299 g/mol. The molecule has 20 heavy (non-hydrogen) atoms. The highest BCUT2D eigenvalue weighted by Crippen LogP contribution is 2.30. The second kappa shape index (κ2) is 5.76. The average molecular weight is 299 g/mol. The van der Waals surface area contributed by atoms with E-state index in [-0.39, 0.29) is 16.3 Å². The molecule has 7 nitrogen and oxygen atoms in total. The van der Waals surface area contributed by atoms with Gasteiger partial charge in [-0.1, -0.05) is 0 Å². The summed E-state index contributed by atoms with van der Waals surface area (Å²) in [4.78, 5) is 10.4. The summed E-state index contributed by atoms with van der Waals surface area (Å²) < 4.78 is 26.5. The number of sulfonamides is 1. The van der Waals surface area contributed by atoms with Gasteiger partial charge in [0.1, 0.15) is 4.90 Å². The lowest BCUT2D eigenvalue weighted by Gasteiger charge is -2.18. The third-order valence-electron chi connectivity index (χ3n) is 3.22. The van der Waals surface area contributed by atoms with Crippen molar-refractivity contribution in [2.75, 3.05) is 25.0 Å². The Balaban J connectivity index is 2.46. The van der Waals surface area contributed by atoms with Crippen molar-refractivity contribution in [3.8, 4) is 0 Å². The highest BCUT2D eigenvalue weighted by atomic mass is 32.2. The molecule has 0 saturated carbocycles. The summed E-state index contributed by atoms with van der Waals surface area (Å²) in [7, 11) is -3.59. The van der Waals surface area contributed by atoms with Crippen LogP contribution in [0.25, 0.3) is 0 Å². The topological polar surface area (TPSA) is 92.5 Å². The standard InChI is InChI=1S/C12H17N3O4S/c1-2-13-11-9-10(15(16)17)5-6-12(11)20(18,19)14-7-3-4-8-14/h5-6,9,13H,2-4,7-8H2,1H3. The third kappa shape index (κ3) is 2.75. The molecule has 0 spiro atoms. The van der Waals surface area contributed by atoms with Crippen LogP contribution in [0.5, 0.6) is 0 Å². The van der Waals surface area contributed by atoms with Crippen LogP contribution in [-0.2, 0) is 10.0 Å². The molecule has 1 aromatic carbocycles. The number of benzene rings is 1. The van der Waals surface area contributed by atoms with E-state index in [1.165, 1.54) is 22.5 Å². The lowest BCUT2D eigenvalue weighted by Crippen LogP contribution is -2.28. The molecule has 0 aliphatic carbocycles. The van der Waals surface area contributed by atoms with Gasteiger partial charge < -0.3 is 5.32 Å². The van der Waals surface area contributed by atoms with Gasteiger partial charge in [0.05, 0.1) is 10.6 Å². The van der Waals surface area contributed by atoms with Crippen molar-refractivity contribution in [3.05, 3.63) is 28.3 Å². The Kier molecular flexibility index (Phi) is 4.24. The molecule has 1 fully saturated rings. The quantitative estimate of drug-likeness (QED) is 0.661. The molecule has 1 N–H and O–H groups in total. The normalized spacial score (nSPS) is 16.2. The summed E-state index contributed by atoms with van der Waals surface area (Å²) in [6, 6.07) is 3.81. The number of hydrogen-bond acceptors (Lipinski definition) is 5. The number of non-ortho nitro benzene ring substituents is 1. The molecule has 2 rings (SSSR count). The van der Waals surface area contributed by atoms with E-state index in [1.54, 1.807) is 0 Å². The highest BCUT2D eigenvalue weighted by Gasteiger charge is 2.30. The van der Waals surface area contributed by atoms with Crippen LogP contribution in [0, 0.1) is 10.1 Å². The first-order valence-corrected chi connectivity index (χ1v) is 7.93. The second-order valence-electron chi connectivity index (χ2n) is 4.58. The van der Waals surface area contributed by atoms with Crippen molar-refractivity contribution in [3.63, 3.8) is 0 Å². The number of nitrogens with one attached hydrogen (secondary N) is 1. The molecular weight excluding hydrogens is 282 g/mol. The predicted octanol–water partition coefficient (Wildman–Crippen LogP) is 1.81. The van der Waals surface area contributed by atoms with Gasteiger partial charge in [0.25, 0.3) is 5.69 Å². The summed E-state index contributed by atoms with van der Waals surface area (Å²) in [6.45, 7) is 3.31. The highest BCUT2D eigenvalue weighted by molar-refractivity contribution is 7.89. The molecule has 110 valence electrons. The van der Waals surface area contributed by atoms with E-state index >= 15 is 0 Å². The number of nitrogens with zero attached hydrogens (tertiary/aromatic N) is 2. The average Bonchev–Trinajstić information content (AvgIpc) is 2.93. The molecule has 1 aliphatic rings. The van der Waals surface area contributed by atoms with Crippen molar-refractivity contribution in [2.24, 2.45) is 0 Å². The maximum atomic E-state index is 12.5. The minimum absolute atomic E-state index is 0.104. The first-order valence-electron chi connectivity index (χ1n) is 6.49. The Morgan fingerprint density at radius 2 is 2.00 bits per heavy atom. The molecule has 0 amide bonds. The van der Waals surface area contributed by atoms with Crippen LogP contribution in [0.4, 0.5) is 11.4 Å². The van der Waals surface area contributed by atoms with Crippen LogP contribution >= 0.6 is 0 Å². The number of nitro groups is 1. The maximum Gasteiger partial charge on any atom is 0.271 e. The van der Waals surface area contributed by atoms with Crippen LogP contribution in [0.2, 0.25) is 0 Å². The maximum absolute atomic E-state index is 12.5. The van der Waals surface area contributed by atoms with Crippen LogP contribution in [0.1, 0.15) is 19.8 Å². The summed E-state index contributed by atoms with van der Waals surface area (Å²) in [5, 5.41) is 13.7. The van der Waals surface area contributed by atoms with Crippen molar-refractivity contribution in [2.45, 2.75) is 24.7 Å². The lowest BCUT2D eigenvalue weighted by molar-refractivity contribution is -0.384. The number of rotatable bonds is 5.